The highest BCUT2D eigenvalue weighted by Gasteiger charge is 2.33. The number of carboxylic acid groups (broad SMARTS) is 1. The molecule has 0 saturated carbocycles. The summed E-state index contributed by atoms with van der Waals surface area (Å²) in [6.07, 6.45) is 1.76. The Morgan fingerprint density at radius 3 is 2.58 bits per heavy atom. The van der Waals surface area contributed by atoms with E-state index < -0.39 is 11.9 Å². The van der Waals surface area contributed by atoms with E-state index in [1.54, 1.807) is 6.08 Å². The van der Waals surface area contributed by atoms with Crippen LogP contribution in [0.3, 0.4) is 0 Å². The Morgan fingerprint density at radius 2 is 1.96 bits per heavy atom. The van der Waals surface area contributed by atoms with Gasteiger partial charge in [-0.05, 0) is 41.8 Å². The second-order valence-electron chi connectivity index (χ2n) is 5.21. The number of carbonyl (C=O) groups excluding carboxylic acids is 2. The highest BCUT2D eigenvalue weighted by atomic mass is 32.2. The number of hydrogen-bond acceptors (Lipinski definition) is 6. The van der Waals surface area contributed by atoms with E-state index in [2.05, 4.69) is 5.32 Å². The van der Waals surface area contributed by atoms with Crippen LogP contribution in [0.2, 0.25) is 0 Å². The smallest absolute Gasteiger partial charge is 0.335 e. The number of nitrogens with one attached hydrogen (secondary N) is 1. The Kier molecular flexibility index (Phi) is 5.50. The minimum absolute atomic E-state index is 0.124. The molecule has 1 aromatic heterocycles. The van der Waals surface area contributed by atoms with Gasteiger partial charge >= 0.3 is 5.97 Å². The molecule has 1 fully saturated rings. The van der Waals surface area contributed by atoms with Gasteiger partial charge in [0.05, 0.1) is 10.5 Å². The van der Waals surface area contributed by atoms with Gasteiger partial charge in [0, 0.05) is 10.6 Å². The van der Waals surface area contributed by atoms with Crippen molar-refractivity contribution >= 4 is 69.2 Å². The first-order valence-corrected chi connectivity index (χ1v) is 9.46. The van der Waals surface area contributed by atoms with Crippen molar-refractivity contribution in [3.8, 4) is 0 Å². The molecule has 0 atom stereocenters. The SMILES string of the molecule is O=C(CN1C(=O)/C(=C\c2cccs2)SC1=S)Nc1ccc(C(=O)O)cc1. The van der Waals surface area contributed by atoms with Crippen LogP contribution in [0.5, 0.6) is 0 Å². The van der Waals surface area contributed by atoms with Gasteiger partial charge in [-0.25, -0.2) is 4.79 Å². The Morgan fingerprint density at radius 1 is 1.23 bits per heavy atom. The summed E-state index contributed by atoms with van der Waals surface area (Å²) in [5.41, 5.74) is 0.568. The summed E-state index contributed by atoms with van der Waals surface area (Å²) in [6, 6.07) is 9.54. The van der Waals surface area contributed by atoms with Gasteiger partial charge in [0.15, 0.2) is 0 Å². The molecule has 2 amide bonds. The number of hydrogen-bond donors (Lipinski definition) is 2. The minimum atomic E-state index is -1.04. The number of anilines is 1. The number of aromatic carboxylic acids is 1. The molecule has 2 heterocycles. The third-order valence-electron chi connectivity index (χ3n) is 3.41. The monoisotopic (exact) mass is 404 g/mol. The number of thioether (sulfide) groups is 1. The average Bonchev–Trinajstić information content (AvgIpc) is 3.20. The van der Waals surface area contributed by atoms with Crippen LogP contribution < -0.4 is 5.32 Å². The number of carboxylic acids is 1. The van der Waals surface area contributed by atoms with Gasteiger partial charge in [-0.1, -0.05) is 30.0 Å². The van der Waals surface area contributed by atoms with Crippen LogP contribution in [0.25, 0.3) is 6.08 Å². The molecule has 0 spiro atoms. The summed E-state index contributed by atoms with van der Waals surface area (Å²) in [6.45, 7) is -0.201. The maximum atomic E-state index is 12.5. The van der Waals surface area contributed by atoms with E-state index >= 15 is 0 Å². The van der Waals surface area contributed by atoms with Crippen molar-refractivity contribution in [1.82, 2.24) is 4.90 Å². The molecule has 0 bridgehead atoms. The van der Waals surface area contributed by atoms with E-state index in [1.165, 1.54) is 40.5 Å². The molecule has 2 aromatic rings. The van der Waals surface area contributed by atoms with Crippen LogP contribution in [0.15, 0.2) is 46.7 Å². The quantitative estimate of drug-likeness (QED) is 0.587. The molecule has 132 valence electrons. The van der Waals surface area contributed by atoms with E-state index in [0.717, 1.165) is 16.6 Å². The van der Waals surface area contributed by atoms with E-state index in [9.17, 15) is 14.4 Å². The van der Waals surface area contributed by atoms with E-state index in [4.69, 9.17) is 17.3 Å². The molecular weight excluding hydrogens is 392 g/mol. The summed E-state index contributed by atoms with van der Waals surface area (Å²) in [4.78, 5) is 38.2. The first-order valence-electron chi connectivity index (χ1n) is 7.36. The van der Waals surface area contributed by atoms with Crippen LogP contribution in [-0.2, 0) is 9.59 Å². The summed E-state index contributed by atoms with van der Waals surface area (Å²) in [7, 11) is 0. The third kappa shape index (κ3) is 4.18. The van der Waals surface area contributed by atoms with Crippen molar-refractivity contribution < 1.29 is 19.5 Å². The highest BCUT2D eigenvalue weighted by molar-refractivity contribution is 8.26. The van der Waals surface area contributed by atoms with Crippen molar-refractivity contribution in [3.63, 3.8) is 0 Å². The second-order valence-corrected chi connectivity index (χ2v) is 7.87. The van der Waals surface area contributed by atoms with Crippen molar-refractivity contribution in [1.29, 1.82) is 0 Å². The Balaban J connectivity index is 1.64. The van der Waals surface area contributed by atoms with Gasteiger partial charge in [0.1, 0.15) is 10.9 Å². The lowest BCUT2D eigenvalue weighted by Gasteiger charge is -2.14. The van der Waals surface area contributed by atoms with Gasteiger partial charge in [0.2, 0.25) is 5.91 Å². The zero-order valence-electron chi connectivity index (χ0n) is 13.2. The number of thiophene rings is 1. The number of rotatable bonds is 5. The second kappa shape index (κ2) is 7.81. The van der Waals surface area contributed by atoms with Crippen LogP contribution in [-0.4, -0.2) is 38.7 Å². The fourth-order valence-electron chi connectivity index (χ4n) is 2.18. The van der Waals surface area contributed by atoms with Crippen LogP contribution in [0.1, 0.15) is 15.2 Å². The summed E-state index contributed by atoms with van der Waals surface area (Å²) < 4.78 is 0.328. The van der Waals surface area contributed by atoms with Crippen molar-refractivity contribution in [2.75, 3.05) is 11.9 Å². The summed E-state index contributed by atoms with van der Waals surface area (Å²) in [5, 5.41) is 13.4. The van der Waals surface area contributed by atoms with Gasteiger partial charge < -0.3 is 10.4 Å². The Hall–Kier alpha value is -2.49. The predicted octanol–water partition coefficient (Wildman–Crippen LogP) is 3.29. The number of thiocarbonyl (C=S) groups is 1. The minimum Gasteiger partial charge on any atom is -0.478 e. The number of benzene rings is 1. The third-order valence-corrected chi connectivity index (χ3v) is 5.60. The molecule has 1 saturated heterocycles. The topological polar surface area (TPSA) is 86.7 Å². The summed E-state index contributed by atoms with van der Waals surface area (Å²) in [5.74, 6) is -1.76. The predicted molar refractivity (Wildman–Crippen MR) is 106 cm³/mol. The highest BCUT2D eigenvalue weighted by Crippen LogP contribution is 2.33. The molecule has 6 nitrogen and oxygen atoms in total. The maximum absolute atomic E-state index is 12.5. The van der Waals surface area contributed by atoms with E-state index in [1.807, 2.05) is 17.5 Å². The lowest BCUT2D eigenvalue weighted by Crippen LogP contribution is -2.36. The molecular formula is C17H12N2O4S3. The van der Waals surface area contributed by atoms with Gasteiger partial charge in [0.25, 0.3) is 5.91 Å². The van der Waals surface area contributed by atoms with Crippen LogP contribution >= 0.6 is 35.3 Å². The van der Waals surface area contributed by atoms with Gasteiger partial charge in [-0.15, -0.1) is 11.3 Å². The van der Waals surface area contributed by atoms with Crippen LogP contribution in [0.4, 0.5) is 5.69 Å². The molecule has 3 rings (SSSR count). The maximum Gasteiger partial charge on any atom is 0.335 e. The number of nitrogens with zero attached hydrogens (tertiary/aromatic N) is 1. The van der Waals surface area contributed by atoms with E-state index in [-0.39, 0.29) is 18.0 Å². The first-order chi connectivity index (χ1) is 12.4. The summed E-state index contributed by atoms with van der Waals surface area (Å²) >= 11 is 7.88. The molecule has 0 aliphatic carbocycles. The van der Waals surface area contributed by atoms with E-state index in [0.29, 0.717) is 14.9 Å². The fourth-order valence-corrected chi connectivity index (χ4v) is 4.16. The molecule has 0 radical (unpaired) electrons. The largest absolute Gasteiger partial charge is 0.478 e. The Bertz CT molecular complexity index is 905. The molecule has 0 unspecified atom stereocenters. The normalized spacial score (nSPS) is 15.5. The number of carbonyl (C=O) groups is 3. The lowest BCUT2D eigenvalue weighted by atomic mass is 10.2. The van der Waals surface area contributed by atoms with Crippen molar-refractivity contribution in [2.45, 2.75) is 0 Å². The molecule has 9 heteroatoms. The standard InChI is InChI=1S/C17H12N2O4S3/c20-14(18-11-5-3-10(4-6-11)16(22)23)9-19-15(21)13(26-17(19)24)8-12-2-1-7-25-12/h1-8H,9H2,(H,18,20)(H,22,23)/b13-8+. The molecule has 1 aliphatic rings. The molecule has 1 aliphatic heterocycles. The zero-order valence-corrected chi connectivity index (χ0v) is 15.6. The van der Waals surface area contributed by atoms with Gasteiger partial charge in [-0.3, -0.25) is 14.5 Å². The lowest BCUT2D eigenvalue weighted by molar-refractivity contribution is -0.126. The van der Waals surface area contributed by atoms with Crippen LogP contribution in [0, 0.1) is 0 Å². The molecule has 26 heavy (non-hydrogen) atoms. The fraction of sp³-hybridized carbons (Fsp3) is 0.0588. The first kappa shape index (κ1) is 18.3. The Labute approximate surface area is 162 Å². The average molecular weight is 404 g/mol. The number of amides is 2. The van der Waals surface area contributed by atoms with Crippen molar-refractivity contribution in [3.05, 3.63) is 57.1 Å². The van der Waals surface area contributed by atoms with Crippen molar-refractivity contribution in [2.24, 2.45) is 0 Å². The zero-order chi connectivity index (χ0) is 18.7. The molecule has 1 aromatic carbocycles. The van der Waals surface area contributed by atoms with Gasteiger partial charge in [-0.2, -0.15) is 0 Å². The molecule has 2 N–H and O–H groups in total.